The molecule has 0 saturated heterocycles. The van der Waals surface area contributed by atoms with Crippen LogP contribution in [0.4, 0.5) is 13.2 Å². The number of rotatable bonds is 3. The highest BCUT2D eigenvalue weighted by molar-refractivity contribution is 7.99. The smallest absolute Gasteiger partial charge is 0.358 e. The van der Waals surface area contributed by atoms with E-state index in [0.29, 0.717) is 5.03 Å². The second-order valence-corrected chi connectivity index (χ2v) is 3.84. The molecule has 0 aromatic carbocycles. The number of alkyl halides is 3. The van der Waals surface area contributed by atoms with Crippen molar-refractivity contribution in [1.82, 2.24) is 10.3 Å². The van der Waals surface area contributed by atoms with Gasteiger partial charge in [0.25, 0.3) is 0 Å². The summed E-state index contributed by atoms with van der Waals surface area (Å²) in [4.78, 5) is 14.5. The minimum absolute atomic E-state index is 0.134. The SMILES string of the molecule is CNC(=O)CSc1ccc(C(F)(F)F)cn1. The Kier molecular flexibility index (Phi) is 4.17. The molecule has 1 amide bonds. The Hall–Kier alpha value is -1.24. The van der Waals surface area contributed by atoms with Crippen LogP contribution in [0.1, 0.15) is 5.56 Å². The Labute approximate surface area is 94.4 Å². The third-order valence-electron chi connectivity index (χ3n) is 1.69. The van der Waals surface area contributed by atoms with Crippen molar-refractivity contribution in [3.8, 4) is 0 Å². The van der Waals surface area contributed by atoms with E-state index in [4.69, 9.17) is 0 Å². The van der Waals surface area contributed by atoms with Gasteiger partial charge in [-0.15, -0.1) is 0 Å². The van der Waals surface area contributed by atoms with Gasteiger partial charge in [0.15, 0.2) is 0 Å². The summed E-state index contributed by atoms with van der Waals surface area (Å²) >= 11 is 1.08. The highest BCUT2D eigenvalue weighted by atomic mass is 32.2. The maximum Gasteiger partial charge on any atom is 0.417 e. The van der Waals surface area contributed by atoms with Gasteiger partial charge in [-0.3, -0.25) is 4.79 Å². The lowest BCUT2D eigenvalue weighted by Gasteiger charge is -2.06. The Balaban J connectivity index is 2.62. The zero-order chi connectivity index (χ0) is 12.2. The van der Waals surface area contributed by atoms with Crippen molar-refractivity contribution in [2.75, 3.05) is 12.8 Å². The van der Waals surface area contributed by atoms with E-state index in [1.165, 1.54) is 13.1 Å². The monoisotopic (exact) mass is 250 g/mol. The van der Waals surface area contributed by atoms with Crippen LogP contribution in [0.2, 0.25) is 0 Å². The first-order valence-corrected chi connectivity index (χ1v) is 5.28. The number of nitrogens with one attached hydrogen (secondary N) is 1. The molecular formula is C9H9F3N2OS. The van der Waals surface area contributed by atoms with Gasteiger partial charge in [0.1, 0.15) is 0 Å². The van der Waals surface area contributed by atoms with E-state index in [2.05, 4.69) is 10.3 Å². The molecule has 1 rings (SSSR count). The van der Waals surface area contributed by atoms with Gasteiger partial charge in [0, 0.05) is 13.2 Å². The van der Waals surface area contributed by atoms with Crippen LogP contribution >= 0.6 is 11.8 Å². The summed E-state index contributed by atoms with van der Waals surface area (Å²) in [5.41, 5.74) is -0.795. The van der Waals surface area contributed by atoms with E-state index in [9.17, 15) is 18.0 Å². The third-order valence-corrected chi connectivity index (χ3v) is 2.64. The molecule has 0 saturated carbocycles. The first-order valence-electron chi connectivity index (χ1n) is 4.30. The van der Waals surface area contributed by atoms with Crippen molar-refractivity contribution in [1.29, 1.82) is 0 Å². The molecular weight excluding hydrogens is 241 g/mol. The largest absolute Gasteiger partial charge is 0.417 e. The van der Waals surface area contributed by atoms with Crippen LogP contribution in [0.25, 0.3) is 0 Å². The van der Waals surface area contributed by atoms with Crippen molar-refractivity contribution < 1.29 is 18.0 Å². The molecule has 1 aromatic rings. The van der Waals surface area contributed by atoms with Crippen LogP contribution in [0.15, 0.2) is 23.4 Å². The maximum atomic E-state index is 12.2. The molecule has 0 bridgehead atoms. The molecule has 0 aliphatic carbocycles. The van der Waals surface area contributed by atoms with Crippen molar-refractivity contribution in [2.45, 2.75) is 11.2 Å². The van der Waals surface area contributed by atoms with E-state index in [1.54, 1.807) is 0 Å². The summed E-state index contributed by atoms with van der Waals surface area (Å²) in [6, 6.07) is 2.19. The minimum atomic E-state index is -4.38. The number of amides is 1. The summed E-state index contributed by atoms with van der Waals surface area (Å²) in [5.74, 6) is -0.0683. The Morgan fingerprint density at radius 2 is 2.19 bits per heavy atom. The highest BCUT2D eigenvalue weighted by Crippen LogP contribution is 2.29. The van der Waals surface area contributed by atoms with Crippen molar-refractivity contribution >= 4 is 17.7 Å². The number of halogens is 3. The van der Waals surface area contributed by atoms with E-state index < -0.39 is 11.7 Å². The predicted molar refractivity (Wildman–Crippen MR) is 54.0 cm³/mol. The summed E-state index contributed by atoms with van der Waals surface area (Å²) in [5, 5.41) is 2.79. The summed E-state index contributed by atoms with van der Waals surface area (Å²) in [6.45, 7) is 0. The van der Waals surface area contributed by atoms with Gasteiger partial charge in [0.2, 0.25) is 5.91 Å². The second-order valence-electron chi connectivity index (χ2n) is 2.84. The molecule has 1 N–H and O–H groups in total. The zero-order valence-electron chi connectivity index (χ0n) is 8.34. The fourth-order valence-electron chi connectivity index (χ4n) is 0.845. The van der Waals surface area contributed by atoms with Gasteiger partial charge >= 0.3 is 6.18 Å². The van der Waals surface area contributed by atoms with Gasteiger partial charge in [-0.1, -0.05) is 11.8 Å². The lowest BCUT2D eigenvalue weighted by atomic mass is 10.3. The van der Waals surface area contributed by atoms with Gasteiger partial charge < -0.3 is 5.32 Å². The fraction of sp³-hybridized carbons (Fsp3) is 0.333. The first kappa shape index (κ1) is 12.8. The summed E-state index contributed by atoms with van der Waals surface area (Å²) < 4.78 is 36.5. The second kappa shape index (κ2) is 5.20. The molecule has 0 aliphatic heterocycles. The average molecular weight is 250 g/mol. The van der Waals surface area contributed by atoms with Crippen LogP contribution in [0, 0.1) is 0 Å². The molecule has 0 fully saturated rings. The number of pyridine rings is 1. The molecule has 1 aromatic heterocycles. The number of carbonyl (C=O) groups is 1. The van der Waals surface area contributed by atoms with Crippen LogP contribution < -0.4 is 5.32 Å². The lowest BCUT2D eigenvalue weighted by Crippen LogP contribution is -2.19. The third kappa shape index (κ3) is 3.73. The fourth-order valence-corrected chi connectivity index (χ4v) is 1.56. The van der Waals surface area contributed by atoms with E-state index >= 15 is 0 Å². The first-order chi connectivity index (χ1) is 7.43. The van der Waals surface area contributed by atoms with Crippen molar-refractivity contribution in [3.63, 3.8) is 0 Å². The zero-order valence-corrected chi connectivity index (χ0v) is 9.15. The topological polar surface area (TPSA) is 42.0 Å². The van der Waals surface area contributed by atoms with Crippen LogP contribution in [0.3, 0.4) is 0 Å². The van der Waals surface area contributed by atoms with Gasteiger partial charge in [-0.05, 0) is 12.1 Å². The quantitative estimate of drug-likeness (QED) is 0.833. The number of nitrogens with zero attached hydrogens (tertiary/aromatic N) is 1. The molecule has 0 unspecified atom stereocenters. The van der Waals surface area contributed by atoms with E-state index in [0.717, 1.165) is 24.0 Å². The molecule has 0 atom stereocenters. The minimum Gasteiger partial charge on any atom is -0.358 e. The van der Waals surface area contributed by atoms with Gasteiger partial charge in [-0.2, -0.15) is 13.2 Å². The maximum absolute atomic E-state index is 12.2. The average Bonchev–Trinajstić information content (AvgIpc) is 2.25. The van der Waals surface area contributed by atoms with E-state index in [-0.39, 0.29) is 11.7 Å². The highest BCUT2D eigenvalue weighted by Gasteiger charge is 2.30. The van der Waals surface area contributed by atoms with Crippen molar-refractivity contribution in [3.05, 3.63) is 23.9 Å². The van der Waals surface area contributed by atoms with E-state index in [1.807, 2.05) is 0 Å². The molecule has 3 nitrogen and oxygen atoms in total. The van der Waals surface area contributed by atoms with Crippen LogP contribution in [-0.2, 0) is 11.0 Å². The van der Waals surface area contributed by atoms with Crippen LogP contribution in [0.5, 0.6) is 0 Å². The molecule has 16 heavy (non-hydrogen) atoms. The van der Waals surface area contributed by atoms with Gasteiger partial charge in [-0.25, -0.2) is 4.98 Å². The molecule has 0 radical (unpaired) electrons. The molecule has 0 spiro atoms. The Morgan fingerprint density at radius 3 is 2.62 bits per heavy atom. The standard InChI is InChI=1S/C9H9F3N2OS/c1-13-7(15)5-16-8-3-2-6(4-14-8)9(10,11)12/h2-4H,5H2,1H3,(H,13,15). The van der Waals surface area contributed by atoms with Crippen molar-refractivity contribution in [2.24, 2.45) is 0 Å². The Morgan fingerprint density at radius 1 is 1.50 bits per heavy atom. The summed E-state index contributed by atoms with van der Waals surface area (Å²) in [6.07, 6.45) is -3.62. The molecule has 1 heterocycles. The lowest BCUT2D eigenvalue weighted by molar-refractivity contribution is -0.137. The molecule has 88 valence electrons. The molecule has 0 aliphatic rings. The summed E-state index contributed by atoms with van der Waals surface area (Å²) in [7, 11) is 1.49. The number of thioether (sulfide) groups is 1. The number of hydrogen-bond acceptors (Lipinski definition) is 3. The normalized spacial score (nSPS) is 11.2. The predicted octanol–water partition coefficient (Wildman–Crippen LogP) is 1.94. The number of hydrogen-bond donors (Lipinski definition) is 1. The molecule has 7 heteroatoms. The number of aromatic nitrogens is 1. The van der Waals surface area contributed by atoms with Gasteiger partial charge in [0.05, 0.1) is 16.3 Å². The van der Waals surface area contributed by atoms with Crippen LogP contribution in [-0.4, -0.2) is 23.7 Å². The number of carbonyl (C=O) groups excluding carboxylic acids is 1. The Bertz CT molecular complexity index is 364.